The molecule has 1 aromatic rings. The van der Waals surface area contributed by atoms with Crippen LogP contribution in [0.5, 0.6) is 0 Å². The zero-order valence-electron chi connectivity index (χ0n) is 14.4. The highest BCUT2D eigenvalue weighted by atomic mass is 35.5. The maximum atomic E-state index is 8.86. The number of nitrogens with zero attached hydrogens (tertiary/aromatic N) is 1. The number of likely N-dealkylation sites (tertiary alicyclic amines) is 1. The Morgan fingerprint density at radius 3 is 2.52 bits per heavy atom. The molecule has 1 aromatic carbocycles. The molecular weight excluding hydrogens is 357 g/mol. The number of nitrogens with two attached hydrogens (primary N) is 1. The Kier molecular flexibility index (Phi) is 8.45. The number of halogens is 1. The number of rotatable bonds is 7. The molecule has 1 heterocycles. The summed E-state index contributed by atoms with van der Waals surface area (Å²) in [6, 6.07) is 7.69. The monoisotopic (exact) mass is 383 g/mol. The van der Waals surface area contributed by atoms with Gasteiger partial charge in [0, 0.05) is 29.8 Å². The molecule has 1 aliphatic heterocycles. The van der Waals surface area contributed by atoms with E-state index in [1.807, 2.05) is 24.3 Å². The average molecular weight is 384 g/mol. The summed E-state index contributed by atoms with van der Waals surface area (Å²) < 4.78 is 0. The second-order valence-corrected chi connectivity index (χ2v) is 7.51. The fourth-order valence-electron chi connectivity index (χ4n) is 3.21. The van der Waals surface area contributed by atoms with Gasteiger partial charge in [0.2, 0.25) is 0 Å². The first-order chi connectivity index (χ1) is 12.0. The molecule has 1 atom stereocenters. The predicted octanol–water partition coefficient (Wildman–Crippen LogP) is 2.72. The SMILES string of the molecule is NC(CCCCB(O)O)C1CCN(C(=S)Nc2ccc(Cl)cc2)CC1. The van der Waals surface area contributed by atoms with Crippen LogP contribution in [0.3, 0.4) is 0 Å². The smallest absolute Gasteiger partial charge is 0.427 e. The number of piperidine rings is 1. The van der Waals surface area contributed by atoms with E-state index in [-0.39, 0.29) is 6.04 Å². The summed E-state index contributed by atoms with van der Waals surface area (Å²) in [4.78, 5) is 2.19. The molecule has 0 aromatic heterocycles. The van der Waals surface area contributed by atoms with Crippen LogP contribution < -0.4 is 11.1 Å². The molecule has 5 N–H and O–H groups in total. The van der Waals surface area contributed by atoms with E-state index >= 15 is 0 Å². The Labute approximate surface area is 160 Å². The first-order valence-corrected chi connectivity index (χ1v) is 9.67. The number of nitrogens with one attached hydrogen (secondary N) is 1. The van der Waals surface area contributed by atoms with E-state index in [4.69, 9.17) is 39.6 Å². The lowest BCUT2D eigenvalue weighted by Crippen LogP contribution is -2.44. The maximum Gasteiger partial charge on any atom is 0.451 e. The summed E-state index contributed by atoms with van der Waals surface area (Å²) in [5.74, 6) is 0.508. The fraction of sp³-hybridized carbons (Fsp3) is 0.588. The molecule has 2 rings (SSSR count). The molecule has 0 bridgehead atoms. The van der Waals surface area contributed by atoms with Crippen molar-refractivity contribution in [3.63, 3.8) is 0 Å². The summed E-state index contributed by atoms with van der Waals surface area (Å²) in [6.45, 7) is 1.82. The van der Waals surface area contributed by atoms with Crippen LogP contribution in [0.2, 0.25) is 11.3 Å². The van der Waals surface area contributed by atoms with Gasteiger partial charge >= 0.3 is 7.12 Å². The minimum absolute atomic E-state index is 0.177. The van der Waals surface area contributed by atoms with Crippen molar-refractivity contribution in [2.24, 2.45) is 11.7 Å². The number of hydrogen-bond donors (Lipinski definition) is 4. The second kappa shape index (κ2) is 10.3. The molecule has 1 saturated heterocycles. The molecule has 25 heavy (non-hydrogen) atoms. The second-order valence-electron chi connectivity index (χ2n) is 6.69. The number of thiocarbonyl (C=S) groups is 1. The zero-order chi connectivity index (χ0) is 18.2. The quantitative estimate of drug-likeness (QED) is 0.329. The number of unbranched alkanes of at least 4 members (excludes halogenated alkanes) is 1. The third-order valence-electron chi connectivity index (χ3n) is 4.78. The van der Waals surface area contributed by atoms with Gasteiger partial charge in [0.15, 0.2) is 5.11 Å². The van der Waals surface area contributed by atoms with Gasteiger partial charge in [0.1, 0.15) is 0 Å². The highest BCUT2D eigenvalue weighted by molar-refractivity contribution is 7.80. The van der Waals surface area contributed by atoms with Gasteiger partial charge < -0.3 is 26.0 Å². The van der Waals surface area contributed by atoms with Crippen molar-refractivity contribution in [1.82, 2.24) is 4.90 Å². The van der Waals surface area contributed by atoms with Crippen molar-refractivity contribution in [2.75, 3.05) is 18.4 Å². The number of benzene rings is 1. The van der Waals surface area contributed by atoms with Crippen LogP contribution in [0.4, 0.5) is 5.69 Å². The van der Waals surface area contributed by atoms with Crippen LogP contribution in [0.25, 0.3) is 0 Å². The van der Waals surface area contributed by atoms with E-state index in [1.165, 1.54) is 0 Å². The number of hydrogen-bond acceptors (Lipinski definition) is 4. The number of anilines is 1. The van der Waals surface area contributed by atoms with E-state index < -0.39 is 7.12 Å². The molecule has 0 amide bonds. The molecule has 0 radical (unpaired) electrons. The van der Waals surface area contributed by atoms with Gasteiger partial charge in [-0.05, 0) is 68.0 Å². The standard InChI is InChI=1S/C17H27BClN3O2S/c19-14-4-6-15(7-5-14)21-17(25)22-11-8-13(9-12-22)16(20)3-1-2-10-18(23)24/h4-7,13,16,23-24H,1-3,8-12,20H2,(H,21,25). The fourth-order valence-corrected chi connectivity index (χ4v) is 3.64. The molecule has 0 aliphatic carbocycles. The van der Waals surface area contributed by atoms with E-state index in [0.29, 0.717) is 17.3 Å². The predicted molar refractivity (Wildman–Crippen MR) is 109 cm³/mol. The maximum absolute atomic E-state index is 8.86. The molecule has 0 saturated carbocycles. The summed E-state index contributed by atoms with van der Waals surface area (Å²) >= 11 is 11.4. The molecule has 0 spiro atoms. The lowest BCUT2D eigenvalue weighted by molar-refractivity contribution is 0.232. The summed E-state index contributed by atoms with van der Waals surface area (Å²) in [6.07, 6.45) is 5.17. The van der Waals surface area contributed by atoms with Crippen LogP contribution in [0.1, 0.15) is 32.1 Å². The summed E-state index contributed by atoms with van der Waals surface area (Å²) in [5.41, 5.74) is 7.26. The Morgan fingerprint density at radius 2 is 1.92 bits per heavy atom. The van der Waals surface area contributed by atoms with E-state index in [1.54, 1.807) is 0 Å². The summed E-state index contributed by atoms with van der Waals surface area (Å²) in [5, 5.41) is 22.4. The first kappa shape index (κ1) is 20.5. The normalized spacial score (nSPS) is 16.6. The van der Waals surface area contributed by atoms with E-state index in [9.17, 15) is 0 Å². The Balaban J connectivity index is 1.69. The van der Waals surface area contributed by atoms with Crippen molar-refractivity contribution in [3.8, 4) is 0 Å². The average Bonchev–Trinajstić information content (AvgIpc) is 2.60. The van der Waals surface area contributed by atoms with Crippen molar-refractivity contribution >= 4 is 41.7 Å². The van der Waals surface area contributed by atoms with Crippen molar-refractivity contribution in [1.29, 1.82) is 0 Å². The molecule has 1 unspecified atom stereocenters. The molecule has 1 aliphatic rings. The largest absolute Gasteiger partial charge is 0.451 e. The van der Waals surface area contributed by atoms with Gasteiger partial charge in [-0.1, -0.05) is 24.4 Å². The molecule has 1 fully saturated rings. The van der Waals surface area contributed by atoms with Crippen LogP contribution >= 0.6 is 23.8 Å². The Hall–Kier alpha value is -0.855. The van der Waals surface area contributed by atoms with Crippen LogP contribution in [-0.4, -0.2) is 46.3 Å². The lowest BCUT2D eigenvalue weighted by atomic mass is 9.82. The Morgan fingerprint density at radius 1 is 1.28 bits per heavy atom. The van der Waals surface area contributed by atoms with Gasteiger partial charge in [-0.2, -0.15) is 0 Å². The van der Waals surface area contributed by atoms with Gasteiger partial charge in [-0.3, -0.25) is 0 Å². The summed E-state index contributed by atoms with van der Waals surface area (Å²) in [7, 11) is -1.20. The van der Waals surface area contributed by atoms with E-state index in [0.717, 1.165) is 56.0 Å². The highest BCUT2D eigenvalue weighted by Crippen LogP contribution is 2.23. The van der Waals surface area contributed by atoms with Crippen LogP contribution in [0.15, 0.2) is 24.3 Å². The third kappa shape index (κ3) is 7.11. The first-order valence-electron chi connectivity index (χ1n) is 8.89. The van der Waals surface area contributed by atoms with Crippen molar-refractivity contribution in [3.05, 3.63) is 29.3 Å². The van der Waals surface area contributed by atoms with Gasteiger partial charge in [0.05, 0.1) is 0 Å². The van der Waals surface area contributed by atoms with E-state index in [2.05, 4.69) is 10.2 Å². The van der Waals surface area contributed by atoms with Crippen LogP contribution in [0, 0.1) is 5.92 Å². The lowest BCUT2D eigenvalue weighted by Gasteiger charge is -2.36. The molecular formula is C17H27BClN3O2S. The van der Waals surface area contributed by atoms with Crippen molar-refractivity contribution < 1.29 is 10.0 Å². The van der Waals surface area contributed by atoms with Gasteiger partial charge in [0.25, 0.3) is 0 Å². The molecule has 5 nitrogen and oxygen atoms in total. The van der Waals surface area contributed by atoms with Crippen LogP contribution in [-0.2, 0) is 0 Å². The topological polar surface area (TPSA) is 81.8 Å². The molecule has 8 heteroatoms. The third-order valence-corrected chi connectivity index (χ3v) is 5.39. The van der Waals surface area contributed by atoms with Gasteiger partial charge in [-0.25, -0.2) is 0 Å². The van der Waals surface area contributed by atoms with Gasteiger partial charge in [-0.15, -0.1) is 0 Å². The minimum atomic E-state index is -1.20. The highest BCUT2D eigenvalue weighted by Gasteiger charge is 2.25. The Bertz CT molecular complexity index is 539. The minimum Gasteiger partial charge on any atom is -0.427 e. The zero-order valence-corrected chi connectivity index (χ0v) is 16.0. The van der Waals surface area contributed by atoms with Crippen molar-refractivity contribution in [2.45, 2.75) is 44.5 Å². The molecule has 138 valence electrons.